The zero-order chi connectivity index (χ0) is 23.3. The Hall–Kier alpha value is -3.88. The van der Waals surface area contributed by atoms with Crippen molar-refractivity contribution in [1.29, 1.82) is 0 Å². The standard InChI is InChI=1S/C25H24FN5O3/c1-16-12-30(15-28-16)20-6-3-17(9-22(20)32-2)10-23-24-29-33-13-21(19-5-4-18(26)11-27-19)31(24)14-25(34-23)7-8-25/h3-6,9-12,15,21H,7-8,13-14H2,1-2H3. The summed E-state index contributed by atoms with van der Waals surface area (Å²) >= 11 is 0. The third kappa shape index (κ3) is 3.67. The van der Waals surface area contributed by atoms with Crippen LogP contribution in [0.5, 0.6) is 5.75 Å². The van der Waals surface area contributed by atoms with E-state index in [2.05, 4.69) is 20.0 Å². The van der Waals surface area contributed by atoms with E-state index >= 15 is 0 Å². The Labute approximate surface area is 196 Å². The van der Waals surface area contributed by atoms with Crippen LogP contribution in [-0.2, 0) is 9.57 Å². The molecule has 0 amide bonds. The molecule has 3 aromatic rings. The number of amidine groups is 1. The van der Waals surface area contributed by atoms with E-state index in [0.717, 1.165) is 41.2 Å². The molecule has 0 radical (unpaired) electrons. The summed E-state index contributed by atoms with van der Waals surface area (Å²) < 4.78 is 27.5. The highest BCUT2D eigenvalue weighted by Gasteiger charge is 2.54. The summed E-state index contributed by atoms with van der Waals surface area (Å²) in [7, 11) is 1.65. The first kappa shape index (κ1) is 20.7. The van der Waals surface area contributed by atoms with Gasteiger partial charge < -0.3 is 23.8 Å². The third-order valence-electron chi connectivity index (χ3n) is 6.43. The smallest absolute Gasteiger partial charge is 0.211 e. The van der Waals surface area contributed by atoms with Gasteiger partial charge in [0.05, 0.1) is 43.3 Å². The van der Waals surface area contributed by atoms with E-state index in [1.54, 1.807) is 19.5 Å². The molecule has 0 bridgehead atoms. The molecule has 3 aliphatic rings. The number of aromatic nitrogens is 3. The molecule has 1 spiro atoms. The predicted molar refractivity (Wildman–Crippen MR) is 123 cm³/mol. The number of oxime groups is 1. The summed E-state index contributed by atoms with van der Waals surface area (Å²) in [6, 6.07) is 8.91. The molecule has 34 heavy (non-hydrogen) atoms. The summed E-state index contributed by atoms with van der Waals surface area (Å²) in [4.78, 5) is 16.3. The first-order chi connectivity index (χ1) is 16.5. The molecule has 1 saturated carbocycles. The molecule has 8 nitrogen and oxygen atoms in total. The number of aryl methyl sites for hydroxylation is 1. The number of pyridine rings is 1. The number of hydrogen-bond acceptors (Lipinski definition) is 7. The third-order valence-corrected chi connectivity index (χ3v) is 6.43. The lowest BCUT2D eigenvalue weighted by Gasteiger charge is -2.43. The van der Waals surface area contributed by atoms with Gasteiger partial charge in [-0.15, -0.1) is 0 Å². The van der Waals surface area contributed by atoms with Crippen molar-refractivity contribution >= 4 is 11.9 Å². The zero-order valence-corrected chi connectivity index (χ0v) is 18.9. The van der Waals surface area contributed by atoms with Crippen LogP contribution in [0.1, 0.15) is 35.8 Å². The van der Waals surface area contributed by atoms with Crippen molar-refractivity contribution in [3.05, 3.63) is 77.6 Å². The van der Waals surface area contributed by atoms with Gasteiger partial charge in [-0.2, -0.15) is 0 Å². The fraction of sp³-hybridized carbons (Fsp3) is 0.320. The number of hydrogen-bond donors (Lipinski definition) is 0. The molecule has 174 valence electrons. The van der Waals surface area contributed by atoms with Gasteiger partial charge in [-0.25, -0.2) is 9.37 Å². The Morgan fingerprint density at radius 1 is 1.21 bits per heavy atom. The van der Waals surface area contributed by atoms with Crippen molar-refractivity contribution in [3.63, 3.8) is 0 Å². The molecular formula is C25H24FN5O3. The highest BCUT2D eigenvalue weighted by Crippen LogP contribution is 2.48. The van der Waals surface area contributed by atoms with Crippen LogP contribution in [0, 0.1) is 12.7 Å². The molecule has 0 N–H and O–H groups in total. The quantitative estimate of drug-likeness (QED) is 0.585. The maximum absolute atomic E-state index is 13.4. The summed E-state index contributed by atoms with van der Waals surface area (Å²) in [5.41, 5.74) is 3.25. The fourth-order valence-electron chi connectivity index (χ4n) is 4.48. The number of halogens is 1. The van der Waals surface area contributed by atoms with Crippen LogP contribution in [0.15, 0.2) is 60.0 Å². The van der Waals surface area contributed by atoms with E-state index in [9.17, 15) is 4.39 Å². The number of methoxy groups -OCH3 is 1. The number of fused-ring (bicyclic) bond motifs is 1. The van der Waals surface area contributed by atoms with E-state index in [1.165, 1.54) is 12.3 Å². The lowest BCUT2D eigenvalue weighted by atomic mass is 10.1. The normalized spacial score (nSPS) is 21.5. The zero-order valence-electron chi connectivity index (χ0n) is 18.9. The minimum absolute atomic E-state index is 0.167. The summed E-state index contributed by atoms with van der Waals surface area (Å²) in [6.45, 7) is 2.99. The summed E-state index contributed by atoms with van der Waals surface area (Å²) in [6.07, 6.45) is 8.86. The monoisotopic (exact) mass is 461 g/mol. The number of morpholine rings is 1. The molecule has 1 saturated heterocycles. The molecule has 4 heterocycles. The number of rotatable bonds is 4. The number of imidazole rings is 1. The van der Waals surface area contributed by atoms with Crippen molar-refractivity contribution in [2.24, 2.45) is 5.16 Å². The van der Waals surface area contributed by atoms with E-state index in [0.29, 0.717) is 24.7 Å². The number of nitrogens with zero attached hydrogens (tertiary/aromatic N) is 5. The summed E-state index contributed by atoms with van der Waals surface area (Å²) in [5, 5.41) is 4.33. The minimum Gasteiger partial charge on any atom is -0.495 e. The van der Waals surface area contributed by atoms with Crippen molar-refractivity contribution in [2.75, 3.05) is 20.3 Å². The lowest BCUT2D eigenvalue weighted by Crippen LogP contribution is -2.51. The first-order valence-corrected chi connectivity index (χ1v) is 11.2. The second kappa shape index (κ2) is 7.86. The molecular weight excluding hydrogens is 437 g/mol. The maximum Gasteiger partial charge on any atom is 0.211 e. The fourth-order valence-corrected chi connectivity index (χ4v) is 4.48. The van der Waals surface area contributed by atoms with Crippen LogP contribution >= 0.6 is 0 Å². The summed E-state index contributed by atoms with van der Waals surface area (Å²) in [5.74, 6) is 1.62. The van der Waals surface area contributed by atoms with E-state index < -0.39 is 0 Å². The average Bonchev–Trinajstić information content (AvgIpc) is 3.44. The van der Waals surface area contributed by atoms with Gasteiger partial charge in [0.15, 0.2) is 5.76 Å². The molecule has 1 atom stereocenters. The molecule has 1 aromatic carbocycles. The van der Waals surface area contributed by atoms with Crippen LogP contribution < -0.4 is 4.74 Å². The van der Waals surface area contributed by atoms with Crippen molar-refractivity contribution in [2.45, 2.75) is 31.4 Å². The Morgan fingerprint density at radius 2 is 2.09 bits per heavy atom. The van der Waals surface area contributed by atoms with Gasteiger partial charge in [0.1, 0.15) is 29.8 Å². The SMILES string of the molecule is COc1cc(C=C2OC3(CC3)CN3C2=NOCC3c2ccc(F)cn2)ccc1-n1cnc(C)c1. The first-order valence-electron chi connectivity index (χ1n) is 11.2. The van der Waals surface area contributed by atoms with Crippen molar-refractivity contribution in [3.8, 4) is 11.4 Å². The van der Waals surface area contributed by atoms with Gasteiger partial charge in [0, 0.05) is 6.20 Å². The Morgan fingerprint density at radius 3 is 2.79 bits per heavy atom. The number of benzene rings is 1. The molecule has 9 heteroatoms. The molecule has 2 fully saturated rings. The second-order valence-corrected chi connectivity index (χ2v) is 8.90. The van der Waals surface area contributed by atoms with Crippen LogP contribution in [0.25, 0.3) is 11.8 Å². The molecule has 1 unspecified atom stereocenters. The largest absolute Gasteiger partial charge is 0.495 e. The van der Waals surface area contributed by atoms with Gasteiger partial charge in [-0.3, -0.25) is 4.98 Å². The Bertz CT molecular complexity index is 1300. The van der Waals surface area contributed by atoms with Crippen molar-refractivity contribution in [1.82, 2.24) is 19.4 Å². The molecule has 6 rings (SSSR count). The van der Waals surface area contributed by atoms with Crippen LogP contribution in [0.4, 0.5) is 4.39 Å². The van der Waals surface area contributed by atoms with Gasteiger partial charge in [0.2, 0.25) is 5.84 Å². The highest BCUT2D eigenvalue weighted by molar-refractivity contribution is 6.01. The van der Waals surface area contributed by atoms with E-state index in [4.69, 9.17) is 14.3 Å². The molecule has 1 aliphatic carbocycles. The second-order valence-electron chi connectivity index (χ2n) is 8.90. The van der Waals surface area contributed by atoms with E-state index in [-0.39, 0.29) is 17.5 Å². The van der Waals surface area contributed by atoms with Gasteiger partial charge in [-0.05, 0) is 55.7 Å². The topological polar surface area (TPSA) is 74.0 Å². The number of ether oxygens (including phenoxy) is 2. The van der Waals surface area contributed by atoms with Gasteiger partial charge in [-0.1, -0.05) is 11.2 Å². The Balaban J connectivity index is 1.36. The predicted octanol–water partition coefficient (Wildman–Crippen LogP) is 4.01. The molecule has 2 aromatic heterocycles. The minimum atomic E-state index is -0.362. The van der Waals surface area contributed by atoms with Crippen LogP contribution in [0.3, 0.4) is 0 Å². The highest BCUT2D eigenvalue weighted by atomic mass is 19.1. The van der Waals surface area contributed by atoms with Gasteiger partial charge in [0.25, 0.3) is 0 Å². The maximum atomic E-state index is 13.4. The van der Waals surface area contributed by atoms with Crippen LogP contribution in [-0.4, -0.2) is 51.1 Å². The van der Waals surface area contributed by atoms with Crippen molar-refractivity contribution < 1.29 is 18.7 Å². The average molecular weight is 461 g/mol. The molecule has 2 aliphatic heterocycles. The van der Waals surface area contributed by atoms with Crippen LogP contribution in [0.2, 0.25) is 0 Å². The van der Waals surface area contributed by atoms with Gasteiger partial charge >= 0.3 is 0 Å². The lowest BCUT2D eigenvalue weighted by molar-refractivity contribution is -0.00496. The Kier molecular flexibility index (Phi) is 4.79. The van der Waals surface area contributed by atoms with E-state index in [1.807, 2.05) is 42.0 Å².